The maximum absolute atomic E-state index is 5.50. The van der Waals surface area contributed by atoms with Crippen LogP contribution in [0.5, 0.6) is 0 Å². The van der Waals surface area contributed by atoms with Gasteiger partial charge in [0.05, 0.1) is 11.2 Å². The Labute approximate surface area is 52.4 Å². The van der Waals surface area contributed by atoms with Gasteiger partial charge in [-0.2, -0.15) is 0 Å². The van der Waals surface area contributed by atoms with Gasteiger partial charge in [0.1, 0.15) is 0 Å². The molecule has 3 heteroatoms. The first-order chi connectivity index (χ1) is 3.80. The zero-order valence-corrected chi connectivity index (χ0v) is 5.48. The second kappa shape index (κ2) is 2.24. The average molecular weight is 128 g/mol. The number of nitrogens with two attached hydrogens (primary N) is 1. The van der Waals surface area contributed by atoms with E-state index in [2.05, 4.69) is 4.98 Å². The summed E-state index contributed by atoms with van der Waals surface area (Å²) in [7, 11) is 0. The summed E-state index contributed by atoms with van der Waals surface area (Å²) in [6.45, 7) is 1.93. The van der Waals surface area contributed by atoms with Gasteiger partial charge >= 0.3 is 0 Å². The van der Waals surface area contributed by atoms with Crippen molar-refractivity contribution < 1.29 is 0 Å². The summed E-state index contributed by atoms with van der Waals surface area (Å²) >= 11 is 1.58. The van der Waals surface area contributed by atoms with Crippen molar-refractivity contribution in [3.8, 4) is 0 Å². The van der Waals surface area contributed by atoms with Crippen LogP contribution >= 0.6 is 11.3 Å². The van der Waals surface area contributed by atoms with Crippen LogP contribution in [0.2, 0.25) is 0 Å². The number of hydrogen-bond acceptors (Lipinski definition) is 3. The topological polar surface area (TPSA) is 38.9 Å². The molecule has 1 unspecified atom stereocenters. The highest BCUT2D eigenvalue weighted by Gasteiger charge is 1.97. The lowest BCUT2D eigenvalue weighted by atomic mass is 10.3. The first-order valence-electron chi connectivity index (χ1n) is 2.44. The molecule has 0 aliphatic carbocycles. The maximum Gasteiger partial charge on any atom is 0.0795 e. The second-order valence-corrected chi connectivity index (χ2v) is 2.42. The Morgan fingerprint density at radius 1 is 1.88 bits per heavy atom. The monoisotopic (exact) mass is 128 g/mol. The van der Waals surface area contributed by atoms with Crippen molar-refractivity contribution in [2.75, 3.05) is 0 Å². The molecule has 0 saturated heterocycles. The summed E-state index contributed by atoms with van der Waals surface area (Å²) in [5.74, 6) is 0. The SMILES string of the molecule is CC(N)c1cscn1. The predicted molar refractivity (Wildman–Crippen MR) is 34.7 cm³/mol. The Kier molecular flexibility index (Phi) is 1.60. The third kappa shape index (κ3) is 1.05. The van der Waals surface area contributed by atoms with Crippen LogP contribution in [0.1, 0.15) is 18.7 Å². The molecule has 2 nitrogen and oxygen atoms in total. The minimum absolute atomic E-state index is 0.0845. The maximum atomic E-state index is 5.50. The molecule has 1 atom stereocenters. The van der Waals surface area contributed by atoms with Crippen molar-refractivity contribution in [1.29, 1.82) is 0 Å². The highest BCUT2D eigenvalue weighted by atomic mass is 32.1. The van der Waals surface area contributed by atoms with Crippen LogP contribution < -0.4 is 5.73 Å². The third-order valence-electron chi connectivity index (χ3n) is 0.918. The quantitative estimate of drug-likeness (QED) is 0.616. The molecule has 2 N–H and O–H groups in total. The Hall–Kier alpha value is -0.410. The smallest absolute Gasteiger partial charge is 0.0795 e. The van der Waals surface area contributed by atoms with Gasteiger partial charge in [0.2, 0.25) is 0 Å². The van der Waals surface area contributed by atoms with Gasteiger partial charge in [0.15, 0.2) is 0 Å². The molecule has 0 bridgehead atoms. The van der Waals surface area contributed by atoms with Gasteiger partial charge in [-0.1, -0.05) is 0 Å². The van der Waals surface area contributed by atoms with Crippen molar-refractivity contribution in [2.24, 2.45) is 5.73 Å². The van der Waals surface area contributed by atoms with Crippen LogP contribution in [-0.4, -0.2) is 4.98 Å². The number of hydrogen-bond donors (Lipinski definition) is 1. The van der Waals surface area contributed by atoms with E-state index >= 15 is 0 Å². The molecule has 0 aliphatic rings. The van der Waals surface area contributed by atoms with E-state index in [1.807, 2.05) is 12.3 Å². The number of thiazole rings is 1. The Morgan fingerprint density at radius 2 is 2.62 bits per heavy atom. The fourth-order valence-electron chi connectivity index (χ4n) is 0.447. The highest BCUT2D eigenvalue weighted by Crippen LogP contribution is 2.07. The van der Waals surface area contributed by atoms with Crippen LogP contribution in [0, 0.1) is 0 Å². The molecule has 1 aromatic heterocycles. The van der Waals surface area contributed by atoms with Crippen molar-refractivity contribution in [3.05, 3.63) is 16.6 Å². The summed E-state index contributed by atoms with van der Waals surface area (Å²) < 4.78 is 0. The van der Waals surface area contributed by atoms with Crippen LogP contribution in [0.4, 0.5) is 0 Å². The van der Waals surface area contributed by atoms with Gasteiger partial charge in [-0.3, -0.25) is 0 Å². The minimum Gasteiger partial charge on any atom is -0.323 e. The zero-order chi connectivity index (χ0) is 5.98. The van der Waals surface area contributed by atoms with Crippen molar-refractivity contribution in [3.63, 3.8) is 0 Å². The molecule has 0 spiro atoms. The lowest BCUT2D eigenvalue weighted by Gasteiger charge is -1.95. The summed E-state index contributed by atoms with van der Waals surface area (Å²) in [4.78, 5) is 4.01. The third-order valence-corrected chi connectivity index (χ3v) is 1.52. The van der Waals surface area contributed by atoms with Gasteiger partial charge in [0, 0.05) is 11.4 Å². The molecule has 0 aromatic carbocycles. The first kappa shape index (κ1) is 5.72. The van der Waals surface area contributed by atoms with E-state index in [9.17, 15) is 0 Å². The van der Waals surface area contributed by atoms with Crippen LogP contribution in [0.3, 0.4) is 0 Å². The molecule has 1 rings (SSSR count). The molecule has 44 valence electrons. The summed E-state index contributed by atoms with van der Waals surface area (Å²) in [5.41, 5.74) is 8.27. The molecule has 1 heterocycles. The Morgan fingerprint density at radius 3 is 2.88 bits per heavy atom. The molecule has 0 aliphatic heterocycles. The standard InChI is InChI=1S/C5H8N2S/c1-4(6)5-2-8-3-7-5/h2-4H,6H2,1H3. The van der Waals surface area contributed by atoms with E-state index in [0.29, 0.717) is 0 Å². The molecular weight excluding hydrogens is 120 g/mol. The molecule has 0 saturated carbocycles. The molecule has 8 heavy (non-hydrogen) atoms. The Bertz CT molecular complexity index is 145. The lowest BCUT2D eigenvalue weighted by Crippen LogP contribution is -2.04. The van der Waals surface area contributed by atoms with Crippen LogP contribution in [-0.2, 0) is 0 Å². The highest BCUT2D eigenvalue weighted by molar-refractivity contribution is 7.07. The first-order valence-corrected chi connectivity index (χ1v) is 3.38. The van der Waals surface area contributed by atoms with Gasteiger partial charge in [0.25, 0.3) is 0 Å². The average Bonchev–Trinajstić information content (AvgIpc) is 2.12. The predicted octanol–water partition coefficient (Wildman–Crippen LogP) is 1.16. The van der Waals surface area contributed by atoms with E-state index < -0.39 is 0 Å². The summed E-state index contributed by atoms with van der Waals surface area (Å²) in [5, 5.41) is 1.96. The zero-order valence-electron chi connectivity index (χ0n) is 4.66. The summed E-state index contributed by atoms with van der Waals surface area (Å²) in [6, 6.07) is 0.0845. The van der Waals surface area contributed by atoms with Crippen LogP contribution in [0.25, 0.3) is 0 Å². The Balaban J connectivity index is 2.77. The fraction of sp³-hybridized carbons (Fsp3) is 0.400. The van der Waals surface area contributed by atoms with Crippen LogP contribution in [0.15, 0.2) is 10.9 Å². The van der Waals surface area contributed by atoms with E-state index in [1.165, 1.54) is 0 Å². The van der Waals surface area contributed by atoms with Crippen molar-refractivity contribution in [2.45, 2.75) is 13.0 Å². The van der Waals surface area contributed by atoms with Gasteiger partial charge in [-0.05, 0) is 6.92 Å². The number of nitrogens with zero attached hydrogens (tertiary/aromatic N) is 1. The van der Waals surface area contributed by atoms with Crippen molar-refractivity contribution in [1.82, 2.24) is 4.98 Å². The normalized spacial score (nSPS) is 13.8. The minimum atomic E-state index is 0.0845. The largest absolute Gasteiger partial charge is 0.323 e. The van der Waals surface area contributed by atoms with Crippen molar-refractivity contribution >= 4 is 11.3 Å². The van der Waals surface area contributed by atoms with E-state index in [4.69, 9.17) is 5.73 Å². The van der Waals surface area contributed by atoms with Gasteiger partial charge < -0.3 is 5.73 Å². The lowest BCUT2D eigenvalue weighted by molar-refractivity contribution is 0.789. The summed E-state index contributed by atoms with van der Waals surface area (Å²) in [6.07, 6.45) is 0. The molecule has 0 amide bonds. The second-order valence-electron chi connectivity index (χ2n) is 1.70. The molecule has 0 radical (unpaired) electrons. The van der Waals surface area contributed by atoms with Gasteiger partial charge in [-0.25, -0.2) is 4.98 Å². The van der Waals surface area contributed by atoms with E-state index in [-0.39, 0.29) is 6.04 Å². The molecule has 1 aromatic rings. The number of rotatable bonds is 1. The number of aromatic nitrogens is 1. The van der Waals surface area contributed by atoms with E-state index in [0.717, 1.165) is 5.69 Å². The van der Waals surface area contributed by atoms with E-state index in [1.54, 1.807) is 16.8 Å². The van der Waals surface area contributed by atoms with Gasteiger partial charge in [-0.15, -0.1) is 11.3 Å². The fourth-order valence-corrected chi connectivity index (χ4v) is 1.11. The molecule has 0 fully saturated rings. The molecular formula is C5H8N2S.